The molecule has 0 aliphatic heterocycles. The molecule has 0 aliphatic rings. The number of hydrogen-bond donors (Lipinski definition) is 0. The molecular weight excluding hydrogens is 407 g/mol. The maximum absolute atomic E-state index is 2.32. The van der Waals surface area contributed by atoms with Crippen molar-refractivity contribution < 1.29 is 0 Å². The molecule has 1 heterocycles. The first-order chi connectivity index (χ1) is 11.1. The van der Waals surface area contributed by atoms with Gasteiger partial charge in [0.2, 0.25) is 0 Å². The fourth-order valence-corrected chi connectivity index (χ4v) is 4.46. The molecule has 1 atom stereocenters. The third kappa shape index (κ3) is 3.53. The Hall–Kier alpha value is -1.21. The number of hydrogen-bond acceptors (Lipinski definition) is 1. The molecule has 130 valence electrons. The van der Waals surface area contributed by atoms with Crippen molar-refractivity contribution in [2.45, 2.75) is 26.2 Å². The van der Waals surface area contributed by atoms with Crippen LogP contribution in [0.4, 0.5) is 0 Å². The highest BCUT2D eigenvalue weighted by Crippen LogP contribution is 2.44. The number of halogens is 1. The average Bonchev–Trinajstić information content (AvgIpc) is 2.92. The van der Waals surface area contributed by atoms with Crippen LogP contribution in [-0.4, -0.2) is 0 Å². The Labute approximate surface area is 167 Å². The lowest BCUT2D eigenvalue weighted by Crippen LogP contribution is -2.12. The van der Waals surface area contributed by atoms with Crippen molar-refractivity contribution in [3.8, 4) is 11.1 Å². The van der Waals surface area contributed by atoms with Crippen LogP contribution in [0.2, 0.25) is 0 Å². The predicted octanol–water partition coefficient (Wildman–Crippen LogP) is 7.66. The highest BCUT2D eigenvalue weighted by molar-refractivity contribution is 8.93. The Balaban J connectivity index is 0.00000113. The van der Waals surface area contributed by atoms with Gasteiger partial charge in [0.1, 0.15) is 0 Å². The summed E-state index contributed by atoms with van der Waals surface area (Å²) in [5.74, 6) is 0. The van der Waals surface area contributed by atoms with Gasteiger partial charge in [-0.05, 0) is 34.2 Å². The smallest absolute Gasteiger partial charge is 0.0361 e. The van der Waals surface area contributed by atoms with Gasteiger partial charge in [0.25, 0.3) is 0 Å². The highest BCUT2D eigenvalue weighted by Gasteiger charge is 2.22. The highest BCUT2D eigenvalue weighted by atomic mass is 79.9. The van der Waals surface area contributed by atoms with Crippen molar-refractivity contribution >= 4 is 58.4 Å². The zero-order chi connectivity index (χ0) is 16.0. The maximum atomic E-state index is 2.32. The molecule has 0 fully saturated rings. The second kappa shape index (κ2) is 7.58. The third-order valence-corrected chi connectivity index (χ3v) is 5.55. The van der Waals surface area contributed by atoms with E-state index in [1.807, 2.05) is 11.3 Å². The fraction of sp³-hybridized carbons (Fsp3) is 0.182. The van der Waals surface area contributed by atoms with E-state index in [-0.39, 0.29) is 32.3 Å². The minimum atomic E-state index is 0. The molecule has 0 radical (unpaired) electrons. The van der Waals surface area contributed by atoms with Crippen molar-refractivity contribution in [1.82, 2.24) is 0 Å². The van der Waals surface area contributed by atoms with E-state index in [1.165, 1.54) is 36.9 Å². The average molecular weight is 431 g/mol. The maximum Gasteiger partial charge on any atom is 0.0361 e. The summed E-state index contributed by atoms with van der Waals surface area (Å²) in [5.41, 5.74) is 4.24. The topological polar surface area (TPSA) is 0 Å². The van der Waals surface area contributed by atoms with Gasteiger partial charge in [0.15, 0.2) is 0 Å². The molecule has 0 nitrogen and oxygen atoms in total. The van der Waals surface area contributed by atoms with Gasteiger partial charge in [0, 0.05) is 20.2 Å². The largest absolute Gasteiger partial charge is 0.153 e. The van der Waals surface area contributed by atoms with E-state index in [9.17, 15) is 0 Å². The molecule has 4 aromatic rings. The summed E-state index contributed by atoms with van der Waals surface area (Å²) in [6, 6.07) is 24.2. The standard InChI is InChI=1S/C22H20S.BrH.H3P/c1-22(2,3)17-13-14-19-21(16-11-7-8-12-18(16)23-19)20(17)15-9-5-4-6-10-15;;/h4-14H,1-3H3;1H;1H3. The Morgan fingerprint density at radius 1 is 0.720 bits per heavy atom. The summed E-state index contributed by atoms with van der Waals surface area (Å²) >= 11 is 1.89. The molecule has 0 saturated heterocycles. The van der Waals surface area contributed by atoms with Crippen LogP contribution in [0.15, 0.2) is 66.7 Å². The Morgan fingerprint density at radius 3 is 2.04 bits per heavy atom. The zero-order valence-corrected chi connectivity index (χ0v) is 18.8. The van der Waals surface area contributed by atoms with Crippen LogP contribution in [0, 0.1) is 0 Å². The van der Waals surface area contributed by atoms with Crippen molar-refractivity contribution in [3.05, 3.63) is 72.3 Å². The van der Waals surface area contributed by atoms with Gasteiger partial charge in [-0.3, -0.25) is 0 Å². The van der Waals surface area contributed by atoms with Crippen LogP contribution in [0.3, 0.4) is 0 Å². The third-order valence-electron chi connectivity index (χ3n) is 4.41. The van der Waals surface area contributed by atoms with Crippen LogP contribution in [-0.2, 0) is 5.41 Å². The predicted molar refractivity (Wildman–Crippen MR) is 125 cm³/mol. The first kappa shape index (κ1) is 20.1. The zero-order valence-electron chi connectivity index (χ0n) is 14.9. The summed E-state index contributed by atoms with van der Waals surface area (Å²) in [4.78, 5) is 0. The summed E-state index contributed by atoms with van der Waals surface area (Å²) in [5, 5.41) is 2.78. The lowest BCUT2D eigenvalue weighted by Gasteiger charge is -2.24. The molecule has 1 unspecified atom stereocenters. The van der Waals surface area contributed by atoms with Gasteiger partial charge in [-0.1, -0.05) is 75.4 Å². The number of rotatable bonds is 1. The van der Waals surface area contributed by atoms with Gasteiger partial charge in [0.05, 0.1) is 0 Å². The molecule has 1 aromatic heterocycles. The number of benzene rings is 3. The lowest BCUT2D eigenvalue weighted by molar-refractivity contribution is 0.593. The summed E-state index contributed by atoms with van der Waals surface area (Å²) < 4.78 is 2.74. The van der Waals surface area contributed by atoms with Gasteiger partial charge < -0.3 is 0 Å². The minimum absolute atomic E-state index is 0. The molecule has 0 spiro atoms. The van der Waals surface area contributed by atoms with E-state index in [1.54, 1.807) is 0 Å². The van der Waals surface area contributed by atoms with Crippen LogP contribution in [0.5, 0.6) is 0 Å². The van der Waals surface area contributed by atoms with Crippen LogP contribution >= 0.6 is 38.2 Å². The van der Waals surface area contributed by atoms with E-state index in [0.717, 1.165) is 0 Å². The van der Waals surface area contributed by atoms with Gasteiger partial charge >= 0.3 is 0 Å². The molecule has 0 saturated carbocycles. The molecule has 3 heteroatoms. The first-order valence-electron chi connectivity index (χ1n) is 8.06. The molecular formula is C22H24BrPS. The minimum Gasteiger partial charge on any atom is -0.153 e. The van der Waals surface area contributed by atoms with E-state index in [4.69, 9.17) is 0 Å². The van der Waals surface area contributed by atoms with E-state index in [2.05, 4.69) is 87.5 Å². The Kier molecular flexibility index (Phi) is 6.09. The normalized spacial score (nSPS) is 11.2. The summed E-state index contributed by atoms with van der Waals surface area (Å²) in [7, 11) is 0. The molecule has 3 aromatic carbocycles. The second-order valence-corrected chi connectivity index (χ2v) is 8.16. The summed E-state index contributed by atoms with van der Waals surface area (Å²) in [6.45, 7) is 6.90. The van der Waals surface area contributed by atoms with Crippen LogP contribution < -0.4 is 0 Å². The van der Waals surface area contributed by atoms with Crippen molar-refractivity contribution in [1.29, 1.82) is 0 Å². The Morgan fingerprint density at radius 2 is 1.36 bits per heavy atom. The molecule has 0 amide bonds. The summed E-state index contributed by atoms with van der Waals surface area (Å²) in [6.07, 6.45) is 0. The first-order valence-corrected chi connectivity index (χ1v) is 8.87. The molecule has 0 bridgehead atoms. The SMILES string of the molecule is Br.CC(C)(C)c1ccc2sc3ccccc3c2c1-c1ccccc1.P. The number of thiophene rings is 1. The lowest BCUT2D eigenvalue weighted by atomic mass is 9.80. The van der Waals surface area contributed by atoms with E-state index < -0.39 is 0 Å². The molecule has 0 aliphatic carbocycles. The van der Waals surface area contributed by atoms with Gasteiger partial charge in [-0.25, -0.2) is 0 Å². The second-order valence-electron chi connectivity index (χ2n) is 7.08. The molecule has 0 N–H and O–H groups in total. The monoisotopic (exact) mass is 430 g/mol. The van der Waals surface area contributed by atoms with Crippen molar-refractivity contribution in [2.24, 2.45) is 0 Å². The van der Waals surface area contributed by atoms with Gasteiger partial charge in [-0.15, -0.1) is 28.3 Å². The fourth-order valence-electron chi connectivity index (χ4n) is 3.35. The molecule has 25 heavy (non-hydrogen) atoms. The van der Waals surface area contributed by atoms with E-state index in [0.29, 0.717) is 0 Å². The number of fused-ring (bicyclic) bond motifs is 3. The quantitative estimate of drug-likeness (QED) is 0.272. The van der Waals surface area contributed by atoms with E-state index >= 15 is 0 Å². The van der Waals surface area contributed by atoms with Crippen molar-refractivity contribution in [2.75, 3.05) is 0 Å². The van der Waals surface area contributed by atoms with Crippen LogP contribution in [0.25, 0.3) is 31.3 Å². The molecule has 4 rings (SSSR count). The van der Waals surface area contributed by atoms with Crippen molar-refractivity contribution in [3.63, 3.8) is 0 Å². The Bertz CT molecular complexity index is 997. The van der Waals surface area contributed by atoms with Gasteiger partial charge in [-0.2, -0.15) is 9.90 Å². The van der Waals surface area contributed by atoms with Crippen LogP contribution in [0.1, 0.15) is 26.3 Å².